The number of amides is 2. The first-order valence-corrected chi connectivity index (χ1v) is 7.08. The summed E-state index contributed by atoms with van der Waals surface area (Å²) in [5, 5.41) is 14.6. The van der Waals surface area contributed by atoms with Crippen LogP contribution in [0.2, 0.25) is 0 Å². The number of fused-ring (bicyclic) bond motifs is 1. The van der Waals surface area contributed by atoms with Gasteiger partial charge in [0.05, 0.1) is 5.69 Å². The smallest absolute Gasteiger partial charge is 0.326 e. The second kappa shape index (κ2) is 5.56. The van der Waals surface area contributed by atoms with Gasteiger partial charge >= 0.3 is 12.0 Å². The van der Waals surface area contributed by atoms with E-state index in [0.29, 0.717) is 5.13 Å². The van der Waals surface area contributed by atoms with Crippen molar-refractivity contribution in [1.82, 2.24) is 10.3 Å². The summed E-state index contributed by atoms with van der Waals surface area (Å²) in [6.45, 7) is 3.49. The highest BCUT2D eigenvalue weighted by molar-refractivity contribution is 7.15. The van der Waals surface area contributed by atoms with Gasteiger partial charge in [-0.15, -0.1) is 11.3 Å². The van der Waals surface area contributed by atoms with Crippen LogP contribution in [0.3, 0.4) is 0 Å². The number of hydrogen-bond donors (Lipinski definition) is 3. The van der Waals surface area contributed by atoms with Crippen LogP contribution in [0.4, 0.5) is 9.93 Å². The lowest BCUT2D eigenvalue weighted by Gasteiger charge is -2.17. The van der Waals surface area contributed by atoms with Crippen LogP contribution in [0, 0.1) is 5.92 Å². The molecule has 1 aromatic rings. The van der Waals surface area contributed by atoms with E-state index in [1.165, 1.54) is 16.2 Å². The fraction of sp³-hybridized carbons (Fsp3) is 0.583. The van der Waals surface area contributed by atoms with Gasteiger partial charge in [0.2, 0.25) is 0 Å². The standard InChI is InChI=1S/C12H17N3O3S/c1-6(2)9(10(16)17)14-11(18)15-12-13-7-4-3-5-8(7)19-12/h6,9H,3-5H2,1-2H3,(H,16,17)(H2,13,14,15,18)/t9-/m1/s1. The molecule has 0 aromatic carbocycles. The van der Waals surface area contributed by atoms with E-state index in [-0.39, 0.29) is 5.92 Å². The number of anilines is 1. The number of urea groups is 1. The van der Waals surface area contributed by atoms with Gasteiger partial charge in [0.25, 0.3) is 0 Å². The van der Waals surface area contributed by atoms with Crippen molar-refractivity contribution in [2.24, 2.45) is 5.92 Å². The fourth-order valence-electron chi connectivity index (χ4n) is 2.03. The number of aliphatic carboxylic acids is 1. The van der Waals surface area contributed by atoms with Crippen molar-refractivity contribution in [3.8, 4) is 0 Å². The van der Waals surface area contributed by atoms with Crippen LogP contribution in [0.15, 0.2) is 0 Å². The molecule has 1 atom stereocenters. The predicted molar refractivity (Wildman–Crippen MR) is 72.6 cm³/mol. The number of aromatic nitrogens is 1. The summed E-state index contributed by atoms with van der Waals surface area (Å²) in [5.74, 6) is -1.21. The molecule has 0 saturated heterocycles. The molecule has 104 valence electrons. The highest BCUT2D eigenvalue weighted by Crippen LogP contribution is 2.30. The minimum Gasteiger partial charge on any atom is -0.480 e. The molecule has 1 aromatic heterocycles. The van der Waals surface area contributed by atoms with Crippen molar-refractivity contribution >= 4 is 28.5 Å². The Kier molecular flexibility index (Phi) is 4.04. The SMILES string of the molecule is CC(C)[C@@H](NC(=O)Nc1nc2c(s1)CCC2)C(=O)O. The zero-order chi connectivity index (χ0) is 14.0. The van der Waals surface area contributed by atoms with Crippen LogP contribution in [0.25, 0.3) is 0 Å². The van der Waals surface area contributed by atoms with Crippen molar-refractivity contribution < 1.29 is 14.7 Å². The maximum atomic E-state index is 11.7. The largest absolute Gasteiger partial charge is 0.480 e. The van der Waals surface area contributed by atoms with Crippen LogP contribution in [0.5, 0.6) is 0 Å². The van der Waals surface area contributed by atoms with E-state index in [4.69, 9.17) is 5.11 Å². The molecule has 3 N–H and O–H groups in total. The maximum absolute atomic E-state index is 11.7. The number of aryl methyl sites for hydroxylation is 2. The third kappa shape index (κ3) is 3.23. The number of rotatable bonds is 4. The van der Waals surface area contributed by atoms with Crippen LogP contribution in [-0.4, -0.2) is 28.1 Å². The van der Waals surface area contributed by atoms with Crippen molar-refractivity contribution in [3.63, 3.8) is 0 Å². The molecule has 2 rings (SSSR count). The van der Waals surface area contributed by atoms with Gasteiger partial charge in [0, 0.05) is 4.88 Å². The Balaban J connectivity index is 1.95. The molecule has 7 heteroatoms. The molecule has 0 aliphatic heterocycles. The number of thiazole rings is 1. The molecule has 0 fully saturated rings. The van der Waals surface area contributed by atoms with Crippen LogP contribution in [-0.2, 0) is 17.6 Å². The molecular formula is C12H17N3O3S. The lowest BCUT2D eigenvalue weighted by molar-refractivity contribution is -0.140. The van der Waals surface area contributed by atoms with Gasteiger partial charge in [-0.25, -0.2) is 14.6 Å². The minimum absolute atomic E-state index is 0.176. The van der Waals surface area contributed by atoms with Crippen molar-refractivity contribution in [1.29, 1.82) is 0 Å². The van der Waals surface area contributed by atoms with E-state index in [9.17, 15) is 9.59 Å². The minimum atomic E-state index is -1.04. The average Bonchev–Trinajstić information content (AvgIpc) is 2.85. The summed E-state index contributed by atoms with van der Waals surface area (Å²) in [6, 6.07) is -1.42. The molecule has 0 unspecified atom stereocenters. The Morgan fingerprint density at radius 2 is 2.11 bits per heavy atom. The van der Waals surface area contributed by atoms with Crippen molar-refractivity contribution in [3.05, 3.63) is 10.6 Å². The lowest BCUT2D eigenvalue weighted by Crippen LogP contribution is -2.46. The number of nitrogens with zero attached hydrogens (tertiary/aromatic N) is 1. The summed E-state index contributed by atoms with van der Waals surface area (Å²) >= 11 is 1.46. The van der Waals surface area contributed by atoms with Gasteiger partial charge < -0.3 is 10.4 Å². The van der Waals surface area contributed by atoms with E-state index in [0.717, 1.165) is 25.0 Å². The van der Waals surface area contributed by atoms with Crippen LogP contribution < -0.4 is 10.6 Å². The molecule has 0 bridgehead atoms. The van der Waals surface area contributed by atoms with E-state index in [1.54, 1.807) is 13.8 Å². The number of carbonyl (C=O) groups is 2. The summed E-state index contributed by atoms with van der Waals surface area (Å²) in [6.07, 6.45) is 3.09. The quantitative estimate of drug-likeness (QED) is 0.786. The van der Waals surface area contributed by atoms with Gasteiger partial charge in [0.15, 0.2) is 5.13 Å². The first-order valence-electron chi connectivity index (χ1n) is 6.26. The summed E-state index contributed by atoms with van der Waals surface area (Å²) in [7, 11) is 0. The number of carboxylic acid groups (broad SMARTS) is 1. The second-order valence-electron chi connectivity index (χ2n) is 4.90. The molecular weight excluding hydrogens is 266 g/mol. The van der Waals surface area contributed by atoms with E-state index in [1.807, 2.05) is 0 Å². The monoisotopic (exact) mass is 283 g/mol. The summed E-state index contributed by atoms with van der Waals surface area (Å²) < 4.78 is 0. The highest BCUT2D eigenvalue weighted by Gasteiger charge is 2.24. The zero-order valence-electron chi connectivity index (χ0n) is 10.9. The van der Waals surface area contributed by atoms with E-state index >= 15 is 0 Å². The number of carboxylic acids is 1. The zero-order valence-corrected chi connectivity index (χ0v) is 11.7. The third-order valence-electron chi connectivity index (χ3n) is 3.04. The Hall–Kier alpha value is -1.63. The van der Waals surface area contributed by atoms with Crippen molar-refractivity contribution in [2.45, 2.75) is 39.2 Å². The van der Waals surface area contributed by atoms with Gasteiger partial charge in [-0.2, -0.15) is 0 Å². The highest BCUT2D eigenvalue weighted by atomic mass is 32.1. The topological polar surface area (TPSA) is 91.3 Å². The molecule has 0 saturated carbocycles. The van der Waals surface area contributed by atoms with Gasteiger partial charge in [0.1, 0.15) is 6.04 Å². The van der Waals surface area contributed by atoms with E-state index in [2.05, 4.69) is 15.6 Å². The number of nitrogens with one attached hydrogen (secondary N) is 2. The van der Waals surface area contributed by atoms with Gasteiger partial charge in [-0.3, -0.25) is 5.32 Å². The molecule has 1 aliphatic rings. The fourth-order valence-corrected chi connectivity index (χ4v) is 3.08. The van der Waals surface area contributed by atoms with Crippen LogP contribution >= 0.6 is 11.3 Å². The van der Waals surface area contributed by atoms with Gasteiger partial charge in [-0.1, -0.05) is 13.8 Å². The van der Waals surface area contributed by atoms with Gasteiger partial charge in [-0.05, 0) is 25.2 Å². The Morgan fingerprint density at radius 1 is 1.37 bits per heavy atom. The second-order valence-corrected chi connectivity index (χ2v) is 5.98. The van der Waals surface area contributed by atoms with Crippen LogP contribution in [0.1, 0.15) is 30.8 Å². The molecule has 1 heterocycles. The first kappa shape index (κ1) is 13.8. The molecule has 0 radical (unpaired) electrons. The molecule has 0 spiro atoms. The summed E-state index contributed by atoms with van der Waals surface area (Å²) in [5.41, 5.74) is 1.05. The predicted octanol–water partition coefficient (Wildman–Crippen LogP) is 1.86. The molecule has 2 amide bonds. The molecule has 1 aliphatic carbocycles. The number of carbonyl (C=O) groups excluding carboxylic acids is 1. The Labute approximate surface area is 115 Å². The average molecular weight is 283 g/mol. The third-order valence-corrected chi connectivity index (χ3v) is 4.11. The Morgan fingerprint density at radius 3 is 2.68 bits per heavy atom. The normalized spacial score (nSPS) is 15.1. The number of hydrogen-bond acceptors (Lipinski definition) is 4. The molecule has 6 nitrogen and oxygen atoms in total. The summed E-state index contributed by atoms with van der Waals surface area (Å²) in [4.78, 5) is 28.3. The maximum Gasteiger partial charge on any atom is 0.326 e. The van der Waals surface area contributed by atoms with Crippen molar-refractivity contribution in [2.75, 3.05) is 5.32 Å². The lowest BCUT2D eigenvalue weighted by atomic mass is 10.1. The first-order chi connectivity index (χ1) is 8.97. The Bertz CT molecular complexity index is 477. The molecule has 19 heavy (non-hydrogen) atoms. The van der Waals surface area contributed by atoms with E-state index < -0.39 is 18.0 Å².